The van der Waals surface area contributed by atoms with Crippen LogP contribution in [0.4, 0.5) is 5.82 Å². The average Bonchev–Trinajstić information content (AvgIpc) is 3.09. The smallest absolute Gasteiger partial charge is 0.133 e. The summed E-state index contributed by atoms with van der Waals surface area (Å²) < 4.78 is 5.89. The Kier molecular flexibility index (Phi) is 5.20. The Morgan fingerprint density at radius 3 is 2.35 bits per heavy atom. The summed E-state index contributed by atoms with van der Waals surface area (Å²) in [6.45, 7) is 11.9. The third-order valence-electron chi connectivity index (χ3n) is 5.21. The van der Waals surface area contributed by atoms with Gasteiger partial charge in [-0.1, -0.05) is 27.7 Å². The van der Waals surface area contributed by atoms with Gasteiger partial charge in [0.25, 0.3) is 0 Å². The van der Waals surface area contributed by atoms with Crippen LogP contribution in [0.5, 0.6) is 0 Å². The number of piperidine rings is 1. The number of rotatable bonds is 4. The number of hydrogen-bond donors (Lipinski definition) is 0. The fourth-order valence-corrected chi connectivity index (χ4v) is 3.66. The number of ether oxygens (including phenoxy) is 1. The molecule has 1 unspecified atom stereocenters. The van der Waals surface area contributed by atoms with E-state index < -0.39 is 0 Å². The molecule has 3 heterocycles. The largest absolute Gasteiger partial charge is 0.378 e. The average molecular weight is 317 g/mol. The molecule has 0 spiro atoms. The first-order chi connectivity index (χ1) is 11.0. The van der Waals surface area contributed by atoms with Crippen molar-refractivity contribution in [2.45, 2.75) is 71.3 Å². The van der Waals surface area contributed by atoms with Crippen molar-refractivity contribution in [3.8, 4) is 0 Å². The van der Waals surface area contributed by atoms with Crippen LogP contribution in [0, 0.1) is 5.92 Å². The van der Waals surface area contributed by atoms with Gasteiger partial charge in [0.2, 0.25) is 0 Å². The molecule has 4 nitrogen and oxygen atoms in total. The minimum absolute atomic E-state index is 0.372. The topological polar surface area (TPSA) is 38.2 Å². The van der Waals surface area contributed by atoms with Crippen LogP contribution < -0.4 is 4.90 Å². The molecule has 0 aliphatic carbocycles. The van der Waals surface area contributed by atoms with Gasteiger partial charge in [-0.3, -0.25) is 0 Å². The normalized spacial score (nSPS) is 23.2. The van der Waals surface area contributed by atoms with E-state index in [4.69, 9.17) is 14.7 Å². The highest BCUT2D eigenvalue weighted by molar-refractivity contribution is 5.41. The van der Waals surface area contributed by atoms with Crippen molar-refractivity contribution < 1.29 is 4.74 Å². The fraction of sp³-hybridized carbons (Fsp3) is 0.789. The van der Waals surface area contributed by atoms with E-state index >= 15 is 0 Å². The van der Waals surface area contributed by atoms with Crippen molar-refractivity contribution in [1.82, 2.24) is 9.97 Å². The molecular weight excluding hydrogens is 286 g/mol. The molecule has 0 bridgehead atoms. The van der Waals surface area contributed by atoms with Crippen molar-refractivity contribution >= 4 is 5.82 Å². The Bertz CT molecular complexity index is 489. The van der Waals surface area contributed by atoms with Gasteiger partial charge < -0.3 is 9.64 Å². The first-order valence-corrected chi connectivity index (χ1v) is 9.30. The zero-order chi connectivity index (χ0) is 16.4. The molecule has 0 saturated carbocycles. The summed E-state index contributed by atoms with van der Waals surface area (Å²) in [6.07, 6.45) is 5.46. The summed E-state index contributed by atoms with van der Waals surface area (Å²) in [5.41, 5.74) is 1.17. The molecule has 128 valence electrons. The van der Waals surface area contributed by atoms with Crippen LogP contribution in [0.3, 0.4) is 0 Å². The number of nitrogens with zero attached hydrogens (tertiary/aromatic N) is 3. The maximum Gasteiger partial charge on any atom is 0.133 e. The molecule has 1 aromatic heterocycles. The van der Waals surface area contributed by atoms with Crippen molar-refractivity contribution in [1.29, 1.82) is 0 Å². The summed E-state index contributed by atoms with van der Waals surface area (Å²) in [5, 5.41) is 0. The van der Waals surface area contributed by atoms with E-state index in [1.807, 2.05) is 0 Å². The van der Waals surface area contributed by atoms with E-state index in [2.05, 4.69) is 38.7 Å². The van der Waals surface area contributed by atoms with Gasteiger partial charge in [0.15, 0.2) is 0 Å². The van der Waals surface area contributed by atoms with E-state index in [0.717, 1.165) is 37.3 Å². The highest BCUT2D eigenvalue weighted by Crippen LogP contribution is 2.31. The summed E-state index contributed by atoms with van der Waals surface area (Å²) in [6, 6.07) is 2.20. The Morgan fingerprint density at radius 2 is 1.78 bits per heavy atom. The lowest BCUT2D eigenvalue weighted by Gasteiger charge is -2.35. The molecule has 2 aliphatic heterocycles. The van der Waals surface area contributed by atoms with Gasteiger partial charge in [-0.2, -0.15) is 0 Å². The second-order valence-corrected chi connectivity index (χ2v) is 7.69. The zero-order valence-electron chi connectivity index (χ0n) is 15.1. The lowest BCUT2D eigenvalue weighted by molar-refractivity contribution is 0.0531. The second kappa shape index (κ2) is 7.16. The highest BCUT2D eigenvalue weighted by Gasteiger charge is 2.30. The van der Waals surface area contributed by atoms with Gasteiger partial charge in [0.1, 0.15) is 11.6 Å². The summed E-state index contributed by atoms with van der Waals surface area (Å²) >= 11 is 0. The minimum Gasteiger partial charge on any atom is -0.378 e. The molecule has 2 fully saturated rings. The third-order valence-corrected chi connectivity index (χ3v) is 5.21. The summed E-state index contributed by atoms with van der Waals surface area (Å²) in [5.74, 6) is 3.66. The van der Waals surface area contributed by atoms with Crippen LogP contribution in [-0.2, 0) is 4.74 Å². The molecular formula is C19H31N3O. The zero-order valence-corrected chi connectivity index (χ0v) is 15.1. The number of aromatic nitrogens is 2. The van der Waals surface area contributed by atoms with Crippen molar-refractivity contribution in [2.24, 2.45) is 5.92 Å². The highest BCUT2D eigenvalue weighted by atomic mass is 16.5. The van der Waals surface area contributed by atoms with Crippen LogP contribution >= 0.6 is 0 Å². The van der Waals surface area contributed by atoms with Crippen LogP contribution in [0.2, 0.25) is 0 Å². The molecule has 0 N–H and O–H groups in total. The van der Waals surface area contributed by atoms with Crippen LogP contribution in [0.25, 0.3) is 0 Å². The van der Waals surface area contributed by atoms with E-state index in [0.29, 0.717) is 17.9 Å². The SMILES string of the molecule is CC(C)c1cc(N2CCC(C3CCCO3)CC2)nc(C(C)C)n1. The Morgan fingerprint density at radius 1 is 1.04 bits per heavy atom. The van der Waals surface area contributed by atoms with E-state index in [9.17, 15) is 0 Å². The van der Waals surface area contributed by atoms with E-state index in [1.165, 1.54) is 31.4 Å². The Hall–Kier alpha value is -1.16. The second-order valence-electron chi connectivity index (χ2n) is 7.69. The monoisotopic (exact) mass is 317 g/mol. The first-order valence-electron chi connectivity index (χ1n) is 9.30. The molecule has 3 rings (SSSR count). The number of hydrogen-bond acceptors (Lipinski definition) is 4. The number of anilines is 1. The molecule has 0 aromatic carbocycles. The van der Waals surface area contributed by atoms with Crippen LogP contribution in [0.15, 0.2) is 6.07 Å². The lowest BCUT2D eigenvalue weighted by Crippen LogP contribution is -2.38. The molecule has 23 heavy (non-hydrogen) atoms. The lowest BCUT2D eigenvalue weighted by atomic mass is 9.90. The van der Waals surface area contributed by atoms with Crippen molar-refractivity contribution in [3.63, 3.8) is 0 Å². The van der Waals surface area contributed by atoms with Gasteiger partial charge in [-0.25, -0.2) is 9.97 Å². The predicted molar refractivity (Wildman–Crippen MR) is 94.1 cm³/mol. The summed E-state index contributed by atoms with van der Waals surface area (Å²) in [4.78, 5) is 12.0. The standard InChI is InChI=1S/C19H31N3O/c1-13(2)16-12-18(21-19(20-16)14(3)4)22-9-7-15(8-10-22)17-6-5-11-23-17/h12-15,17H,5-11H2,1-4H3. The van der Waals surface area contributed by atoms with Gasteiger partial charge in [-0.15, -0.1) is 0 Å². The maximum atomic E-state index is 5.89. The van der Waals surface area contributed by atoms with E-state index in [1.54, 1.807) is 0 Å². The molecule has 0 amide bonds. The Balaban J connectivity index is 1.71. The Labute approximate surface area is 140 Å². The van der Waals surface area contributed by atoms with Gasteiger partial charge in [0, 0.05) is 37.4 Å². The third kappa shape index (κ3) is 3.85. The maximum absolute atomic E-state index is 5.89. The molecule has 2 saturated heterocycles. The minimum atomic E-state index is 0.372. The van der Waals surface area contributed by atoms with Crippen molar-refractivity contribution in [3.05, 3.63) is 17.6 Å². The quantitative estimate of drug-likeness (QED) is 0.837. The van der Waals surface area contributed by atoms with Gasteiger partial charge >= 0.3 is 0 Å². The van der Waals surface area contributed by atoms with Crippen molar-refractivity contribution in [2.75, 3.05) is 24.6 Å². The molecule has 1 atom stereocenters. The fourth-order valence-electron chi connectivity index (χ4n) is 3.66. The molecule has 2 aliphatic rings. The van der Waals surface area contributed by atoms with Crippen LogP contribution in [0.1, 0.15) is 76.7 Å². The predicted octanol–water partition coefficient (Wildman–Crippen LogP) is 4.12. The first kappa shape index (κ1) is 16.7. The van der Waals surface area contributed by atoms with Gasteiger partial charge in [-0.05, 0) is 37.5 Å². The van der Waals surface area contributed by atoms with Gasteiger partial charge in [0.05, 0.1) is 6.10 Å². The summed E-state index contributed by atoms with van der Waals surface area (Å²) in [7, 11) is 0. The van der Waals surface area contributed by atoms with E-state index in [-0.39, 0.29) is 0 Å². The molecule has 1 aromatic rings. The molecule has 0 radical (unpaired) electrons. The van der Waals surface area contributed by atoms with Crippen LogP contribution in [-0.4, -0.2) is 35.8 Å². The molecule has 4 heteroatoms.